The molecule has 0 spiro atoms. The summed E-state index contributed by atoms with van der Waals surface area (Å²) in [6.45, 7) is 5.48. The van der Waals surface area contributed by atoms with Gasteiger partial charge in [-0.25, -0.2) is 4.98 Å². The van der Waals surface area contributed by atoms with Crippen molar-refractivity contribution in [2.75, 3.05) is 0 Å². The number of aromatic hydroxyl groups is 1. The van der Waals surface area contributed by atoms with Crippen molar-refractivity contribution in [3.63, 3.8) is 0 Å². The summed E-state index contributed by atoms with van der Waals surface area (Å²) in [5, 5.41) is 9.33. The number of nitrogens with zero attached hydrogens (tertiary/aromatic N) is 2. The van der Waals surface area contributed by atoms with Crippen molar-refractivity contribution < 1.29 is 14.6 Å². The summed E-state index contributed by atoms with van der Waals surface area (Å²) in [4.78, 5) is 15.9. The lowest BCUT2D eigenvalue weighted by Crippen LogP contribution is -2.24. The number of rotatable bonds is 2. The second-order valence-corrected chi connectivity index (χ2v) is 5.15. The van der Waals surface area contributed by atoms with Gasteiger partial charge in [0.15, 0.2) is 0 Å². The first-order valence-electron chi connectivity index (χ1n) is 5.72. The zero-order chi connectivity index (χ0) is 13.3. The highest BCUT2D eigenvalue weighted by Gasteiger charge is 2.17. The molecule has 0 atom stereocenters. The molecular formula is C13H16N2O3. The lowest BCUT2D eigenvalue weighted by Gasteiger charge is -2.18. The van der Waals surface area contributed by atoms with Gasteiger partial charge in [0.1, 0.15) is 17.0 Å². The van der Waals surface area contributed by atoms with Gasteiger partial charge in [-0.1, -0.05) is 0 Å². The third-order valence-corrected chi connectivity index (χ3v) is 2.23. The maximum Gasteiger partial charge on any atom is 0.312 e. The van der Waals surface area contributed by atoms with Crippen LogP contribution in [0.15, 0.2) is 24.5 Å². The minimum absolute atomic E-state index is 0.125. The van der Waals surface area contributed by atoms with E-state index >= 15 is 0 Å². The largest absolute Gasteiger partial charge is 0.506 e. The van der Waals surface area contributed by atoms with Crippen LogP contribution in [0.3, 0.4) is 0 Å². The quantitative estimate of drug-likeness (QED) is 0.825. The van der Waals surface area contributed by atoms with E-state index in [9.17, 15) is 9.90 Å². The van der Waals surface area contributed by atoms with Crippen LogP contribution in [-0.4, -0.2) is 26.1 Å². The van der Waals surface area contributed by atoms with Gasteiger partial charge in [-0.2, -0.15) is 0 Å². The molecule has 2 heterocycles. The molecule has 5 nitrogen and oxygen atoms in total. The van der Waals surface area contributed by atoms with Crippen LogP contribution in [0.4, 0.5) is 0 Å². The fourth-order valence-electron chi connectivity index (χ4n) is 1.64. The van der Waals surface area contributed by atoms with Crippen molar-refractivity contribution in [1.29, 1.82) is 0 Å². The van der Waals surface area contributed by atoms with Crippen LogP contribution in [-0.2, 0) is 16.0 Å². The molecule has 0 aromatic carbocycles. The highest BCUT2D eigenvalue weighted by molar-refractivity contribution is 5.72. The van der Waals surface area contributed by atoms with E-state index in [1.807, 2.05) is 20.8 Å². The van der Waals surface area contributed by atoms with Crippen LogP contribution in [0, 0.1) is 0 Å². The lowest BCUT2D eigenvalue weighted by atomic mass is 10.2. The number of carbonyl (C=O) groups excluding carboxylic acids is 1. The molecule has 0 bridgehead atoms. The highest BCUT2D eigenvalue weighted by atomic mass is 16.6. The number of pyridine rings is 1. The van der Waals surface area contributed by atoms with E-state index < -0.39 is 5.60 Å². The molecule has 2 aromatic rings. The average molecular weight is 248 g/mol. The molecular weight excluding hydrogens is 232 g/mol. The maximum absolute atomic E-state index is 11.7. The molecule has 0 aliphatic heterocycles. The predicted molar refractivity (Wildman–Crippen MR) is 66.4 cm³/mol. The molecule has 18 heavy (non-hydrogen) atoms. The van der Waals surface area contributed by atoms with Crippen LogP contribution in [0.5, 0.6) is 5.75 Å². The van der Waals surface area contributed by atoms with Gasteiger partial charge in [0, 0.05) is 6.20 Å². The monoisotopic (exact) mass is 248 g/mol. The summed E-state index contributed by atoms with van der Waals surface area (Å²) >= 11 is 0. The number of hydrogen-bond donors (Lipinski definition) is 1. The molecule has 5 heteroatoms. The number of fused-ring (bicyclic) bond motifs is 1. The second-order valence-electron chi connectivity index (χ2n) is 5.15. The minimum atomic E-state index is -0.492. The van der Waals surface area contributed by atoms with Crippen molar-refractivity contribution in [2.45, 2.75) is 32.8 Å². The van der Waals surface area contributed by atoms with Crippen molar-refractivity contribution in [3.05, 3.63) is 30.2 Å². The van der Waals surface area contributed by atoms with Crippen LogP contribution < -0.4 is 0 Å². The maximum atomic E-state index is 11.7. The molecule has 0 fully saturated rings. The summed E-state index contributed by atoms with van der Waals surface area (Å²) in [5.74, 6) is -0.154. The summed E-state index contributed by atoms with van der Waals surface area (Å²) in [6, 6.07) is 3.24. The second kappa shape index (κ2) is 4.33. The van der Waals surface area contributed by atoms with Crippen molar-refractivity contribution in [3.8, 4) is 5.75 Å². The van der Waals surface area contributed by atoms with Gasteiger partial charge in [-0.05, 0) is 32.9 Å². The molecule has 0 aliphatic carbocycles. The Balaban J connectivity index is 2.15. The molecule has 0 amide bonds. The number of carbonyl (C=O) groups is 1. The Labute approximate surface area is 105 Å². The van der Waals surface area contributed by atoms with Gasteiger partial charge >= 0.3 is 5.97 Å². The van der Waals surface area contributed by atoms with E-state index in [0.717, 1.165) is 0 Å². The first-order chi connectivity index (χ1) is 8.33. The number of ether oxygens (including phenoxy) is 1. The SMILES string of the molecule is CC(C)(C)OC(=O)Cc1cn2cc(O)ccc2n1. The summed E-state index contributed by atoms with van der Waals surface area (Å²) in [6.07, 6.45) is 3.37. The molecule has 0 saturated heterocycles. The van der Waals surface area contributed by atoms with Crippen molar-refractivity contribution in [1.82, 2.24) is 9.38 Å². The molecule has 2 rings (SSSR count). The van der Waals surface area contributed by atoms with E-state index in [-0.39, 0.29) is 18.1 Å². The molecule has 1 N–H and O–H groups in total. The van der Waals surface area contributed by atoms with Crippen LogP contribution in [0.25, 0.3) is 5.65 Å². The Hall–Kier alpha value is -2.04. The topological polar surface area (TPSA) is 63.8 Å². The normalized spacial score (nSPS) is 11.7. The van der Waals surface area contributed by atoms with Crippen molar-refractivity contribution in [2.24, 2.45) is 0 Å². The number of imidazole rings is 1. The zero-order valence-electron chi connectivity index (χ0n) is 10.7. The predicted octanol–water partition coefficient (Wildman–Crippen LogP) is 1.92. The summed E-state index contributed by atoms with van der Waals surface area (Å²) < 4.78 is 6.90. The van der Waals surface area contributed by atoms with E-state index in [1.165, 1.54) is 0 Å². The smallest absolute Gasteiger partial charge is 0.312 e. The Kier molecular flexibility index (Phi) is 2.98. The van der Waals surface area contributed by atoms with E-state index in [1.54, 1.807) is 28.9 Å². The fraction of sp³-hybridized carbons (Fsp3) is 0.385. The van der Waals surface area contributed by atoms with E-state index in [2.05, 4.69) is 4.98 Å². The van der Waals surface area contributed by atoms with Crippen LogP contribution in [0.1, 0.15) is 26.5 Å². The third kappa shape index (κ3) is 3.00. The number of esters is 1. The number of aromatic nitrogens is 2. The molecule has 0 saturated carbocycles. The lowest BCUT2D eigenvalue weighted by molar-refractivity contribution is -0.153. The Morgan fingerprint density at radius 3 is 2.78 bits per heavy atom. The molecule has 0 unspecified atom stereocenters. The Bertz CT molecular complexity index is 581. The van der Waals surface area contributed by atoms with Crippen LogP contribution >= 0.6 is 0 Å². The number of hydrogen-bond acceptors (Lipinski definition) is 4. The first-order valence-corrected chi connectivity index (χ1v) is 5.72. The zero-order valence-corrected chi connectivity index (χ0v) is 10.7. The standard InChI is InChI=1S/C13H16N2O3/c1-13(2,3)18-12(17)6-9-7-15-8-10(16)4-5-11(15)14-9/h4-5,7-8,16H,6H2,1-3H3. The summed E-state index contributed by atoms with van der Waals surface area (Å²) in [7, 11) is 0. The Morgan fingerprint density at radius 2 is 2.11 bits per heavy atom. The van der Waals surface area contributed by atoms with Gasteiger partial charge in [-0.15, -0.1) is 0 Å². The van der Waals surface area contributed by atoms with Gasteiger partial charge in [0.2, 0.25) is 0 Å². The van der Waals surface area contributed by atoms with Crippen LogP contribution in [0.2, 0.25) is 0 Å². The highest BCUT2D eigenvalue weighted by Crippen LogP contribution is 2.14. The summed E-state index contributed by atoms with van der Waals surface area (Å²) in [5.41, 5.74) is 0.815. The van der Waals surface area contributed by atoms with Crippen molar-refractivity contribution >= 4 is 11.6 Å². The van der Waals surface area contributed by atoms with Gasteiger partial charge in [0.05, 0.1) is 18.3 Å². The minimum Gasteiger partial charge on any atom is -0.506 e. The third-order valence-electron chi connectivity index (χ3n) is 2.23. The fourth-order valence-corrected chi connectivity index (χ4v) is 1.64. The molecule has 0 radical (unpaired) electrons. The van der Waals surface area contributed by atoms with Gasteiger partial charge in [-0.3, -0.25) is 4.79 Å². The average Bonchev–Trinajstić information content (AvgIpc) is 2.55. The molecule has 96 valence electrons. The Morgan fingerprint density at radius 1 is 1.39 bits per heavy atom. The van der Waals surface area contributed by atoms with E-state index in [4.69, 9.17) is 4.74 Å². The van der Waals surface area contributed by atoms with Gasteiger partial charge in [0.25, 0.3) is 0 Å². The van der Waals surface area contributed by atoms with Gasteiger partial charge < -0.3 is 14.2 Å². The molecule has 0 aliphatic rings. The van der Waals surface area contributed by atoms with E-state index in [0.29, 0.717) is 11.3 Å². The molecule has 2 aromatic heterocycles. The first kappa shape index (κ1) is 12.4.